The van der Waals surface area contributed by atoms with Crippen LogP contribution in [0, 0.1) is 5.82 Å². The number of benzene rings is 2. The van der Waals surface area contributed by atoms with E-state index in [2.05, 4.69) is 5.32 Å². The third-order valence-electron chi connectivity index (χ3n) is 3.37. The van der Waals surface area contributed by atoms with Crippen LogP contribution in [-0.4, -0.2) is 26.1 Å². The van der Waals surface area contributed by atoms with E-state index in [-0.39, 0.29) is 18.3 Å². The maximum atomic E-state index is 13.6. The van der Waals surface area contributed by atoms with E-state index < -0.39 is 0 Å². The summed E-state index contributed by atoms with van der Waals surface area (Å²) in [5.41, 5.74) is 1.26. The summed E-state index contributed by atoms with van der Waals surface area (Å²) < 4.78 is 19.1. The molecule has 0 aliphatic heterocycles. The molecular weight excluding hydrogens is 295 g/mol. The van der Waals surface area contributed by atoms with E-state index in [1.807, 2.05) is 32.2 Å². The molecular formula is C18H22FN2O2+. The van der Waals surface area contributed by atoms with E-state index in [1.54, 1.807) is 24.3 Å². The Balaban J connectivity index is 1.93. The van der Waals surface area contributed by atoms with Gasteiger partial charge in [0.2, 0.25) is 0 Å². The van der Waals surface area contributed by atoms with Gasteiger partial charge in [-0.15, -0.1) is 0 Å². The van der Waals surface area contributed by atoms with Crippen molar-refractivity contribution in [2.24, 2.45) is 0 Å². The third-order valence-corrected chi connectivity index (χ3v) is 3.37. The highest BCUT2D eigenvalue weighted by Gasteiger charge is 2.14. The highest BCUT2D eigenvalue weighted by Crippen LogP contribution is 2.23. The fourth-order valence-electron chi connectivity index (χ4n) is 2.35. The Morgan fingerprint density at radius 1 is 1.17 bits per heavy atom. The number of para-hydroxylation sites is 2. The first kappa shape index (κ1) is 17.0. The lowest BCUT2D eigenvalue weighted by atomic mass is 10.2. The number of halogens is 1. The third kappa shape index (κ3) is 5.07. The van der Waals surface area contributed by atoms with Crippen LogP contribution < -0.4 is 15.0 Å². The van der Waals surface area contributed by atoms with Gasteiger partial charge < -0.3 is 15.0 Å². The summed E-state index contributed by atoms with van der Waals surface area (Å²) >= 11 is 0. The van der Waals surface area contributed by atoms with Gasteiger partial charge in [-0.25, -0.2) is 4.39 Å². The fraction of sp³-hybridized carbons (Fsp3) is 0.278. The quantitative estimate of drug-likeness (QED) is 0.819. The maximum absolute atomic E-state index is 13.6. The van der Waals surface area contributed by atoms with Crippen molar-refractivity contribution in [3.63, 3.8) is 0 Å². The van der Waals surface area contributed by atoms with Crippen molar-refractivity contribution in [1.29, 1.82) is 0 Å². The second kappa shape index (κ2) is 8.29. The second-order valence-electron chi connectivity index (χ2n) is 5.38. The number of hydrogen-bond acceptors (Lipinski definition) is 2. The molecule has 4 nitrogen and oxygen atoms in total. The SMILES string of the molecule is CCOc1ccccc1NC(=O)C[NH+](C)Cc1ccccc1F. The predicted molar refractivity (Wildman–Crippen MR) is 88.1 cm³/mol. The topological polar surface area (TPSA) is 42.8 Å². The first-order chi connectivity index (χ1) is 11.1. The minimum absolute atomic E-state index is 0.133. The van der Waals surface area contributed by atoms with Gasteiger partial charge in [0.25, 0.3) is 5.91 Å². The van der Waals surface area contributed by atoms with Crippen LogP contribution in [-0.2, 0) is 11.3 Å². The fourth-order valence-corrected chi connectivity index (χ4v) is 2.35. The van der Waals surface area contributed by atoms with Crippen molar-refractivity contribution in [3.8, 4) is 5.75 Å². The van der Waals surface area contributed by atoms with Gasteiger partial charge in [0.15, 0.2) is 6.54 Å². The number of nitrogens with one attached hydrogen (secondary N) is 2. The number of carbonyl (C=O) groups is 1. The van der Waals surface area contributed by atoms with E-state index in [4.69, 9.17) is 4.74 Å². The molecule has 1 unspecified atom stereocenters. The number of rotatable bonds is 7. The molecule has 0 aliphatic carbocycles. The molecule has 1 amide bonds. The van der Waals surface area contributed by atoms with Crippen molar-refractivity contribution in [3.05, 3.63) is 59.9 Å². The Labute approximate surface area is 135 Å². The van der Waals surface area contributed by atoms with Crippen LogP contribution in [0.25, 0.3) is 0 Å². The van der Waals surface area contributed by atoms with Crippen LogP contribution >= 0.6 is 0 Å². The molecule has 0 heterocycles. The monoisotopic (exact) mass is 317 g/mol. The molecule has 0 aromatic heterocycles. The van der Waals surface area contributed by atoms with Crippen LogP contribution in [0.4, 0.5) is 10.1 Å². The Morgan fingerprint density at radius 2 is 1.87 bits per heavy atom. The lowest BCUT2D eigenvalue weighted by molar-refractivity contribution is -0.885. The Morgan fingerprint density at radius 3 is 2.61 bits per heavy atom. The summed E-state index contributed by atoms with van der Waals surface area (Å²) in [6.45, 7) is 3.12. The maximum Gasteiger partial charge on any atom is 0.279 e. The van der Waals surface area contributed by atoms with Crippen molar-refractivity contribution in [2.75, 3.05) is 25.5 Å². The van der Waals surface area contributed by atoms with Gasteiger partial charge in [-0.1, -0.05) is 30.3 Å². The number of anilines is 1. The number of quaternary nitrogens is 1. The first-order valence-electron chi connectivity index (χ1n) is 7.66. The van der Waals surface area contributed by atoms with E-state index >= 15 is 0 Å². The van der Waals surface area contributed by atoms with Crippen LogP contribution in [0.15, 0.2) is 48.5 Å². The van der Waals surface area contributed by atoms with E-state index in [0.717, 1.165) is 4.90 Å². The van der Waals surface area contributed by atoms with Gasteiger partial charge in [-0.3, -0.25) is 4.79 Å². The summed E-state index contributed by atoms with van der Waals surface area (Å²) in [6, 6.07) is 13.9. The molecule has 0 aliphatic rings. The predicted octanol–water partition coefficient (Wildman–Crippen LogP) is 1.88. The molecule has 122 valence electrons. The molecule has 0 spiro atoms. The van der Waals surface area contributed by atoms with Gasteiger partial charge in [-0.05, 0) is 25.1 Å². The Kier molecular flexibility index (Phi) is 6.11. The Hall–Kier alpha value is -2.40. The smallest absolute Gasteiger partial charge is 0.279 e. The molecule has 0 saturated heterocycles. The zero-order valence-corrected chi connectivity index (χ0v) is 13.4. The zero-order valence-electron chi connectivity index (χ0n) is 13.4. The van der Waals surface area contributed by atoms with Crippen molar-refractivity contribution in [1.82, 2.24) is 0 Å². The highest BCUT2D eigenvalue weighted by atomic mass is 19.1. The number of amides is 1. The van der Waals surface area contributed by atoms with E-state index in [9.17, 15) is 9.18 Å². The number of ether oxygens (including phenoxy) is 1. The average molecular weight is 317 g/mol. The van der Waals surface area contributed by atoms with Crippen molar-refractivity contribution < 1.29 is 18.8 Å². The minimum Gasteiger partial charge on any atom is -0.492 e. The van der Waals surface area contributed by atoms with Gasteiger partial charge in [0.1, 0.15) is 18.1 Å². The Bertz CT molecular complexity index is 661. The molecule has 2 rings (SSSR count). The lowest BCUT2D eigenvalue weighted by Gasteiger charge is -2.15. The van der Waals surface area contributed by atoms with Gasteiger partial charge in [0.05, 0.1) is 19.3 Å². The normalized spacial score (nSPS) is 11.8. The van der Waals surface area contributed by atoms with Crippen LogP contribution in [0.1, 0.15) is 12.5 Å². The molecule has 0 fully saturated rings. The average Bonchev–Trinajstić information content (AvgIpc) is 2.51. The summed E-state index contributed by atoms with van der Waals surface area (Å²) in [4.78, 5) is 13.1. The molecule has 1 atom stereocenters. The van der Waals surface area contributed by atoms with Crippen molar-refractivity contribution >= 4 is 11.6 Å². The lowest BCUT2D eigenvalue weighted by Crippen LogP contribution is -3.08. The van der Waals surface area contributed by atoms with Crippen LogP contribution in [0.2, 0.25) is 0 Å². The molecule has 2 aromatic rings. The molecule has 2 N–H and O–H groups in total. The van der Waals surface area contributed by atoms with Crippen molar-refractivity contribution in [2.45, 2.75) is 13.5 Å². The summed E-state index contributed by atoms with van der Waals surface area (Å²) in [5.74, 6) is 0.273. The van der Waals surface area contributed by atoms with Gasteiger partial charge in [0, 0.05) is 5.56 Å². The highest BCUT2D eigenvalue weighted by molar-refractivity contribution is 5.92. The first-order valence-corrected chi connectivity index (χ1v) is 7.66. The zero-order chi connectivity index (χ0) is 16.7. The van der Waals surface area contributed by atoms with Gasteiger partial charge >= 0.3 is 0 Å². The van der Waals surface area contributed by atoms with E-state index in [1.165, 1.54) is 6.07 Å². The molecule has 23 heavy (non-hydrogen) atoms. The molecule has 2 aromatic carbocycles. The molecule has 0 saturated carbocycles. The minimum atomic E-state index is -0.242. The molecule has 0 radical (unpaired) electrons. The molecule has 5 heteroatoms. The standard InChI is InChI=1S/C18H21FN2O2/c1-3-23-17-11-7-6-10-16(17)20-18(22)13-21(2)12-14-8-4-5-9-15(14)19/h4-11H,3,12-13H2,1-2H3,(H,20,22)/p+1. The van der Waals surface area contributed by atoms with Crippen LogP contribution in [0.5, 0.6) is 5.75 Å². The summed E-state index contributed by atoms with van der Waals surface area (Å²) in [7, 11) is 1.86. The largest absolute Gasteiger partial charge is 0.492 e. The number of hydrogen-bond donors (Lipinski definition) is 2. The number of likely N-dealkylation sites (N-methyl/N-ethyl adjacent to an activating group) is 1. The van der Waals surface area contributed by atoms with Gasteiger partial charge in [-0.2, -0.15) is 0 Å². The molecule has 0 bridgehead atoms. The number of carbonyl (C=O) groups excluding carboxylic acids is 1. The summed E-state index contributed by atoms with van der Waals surface area (Å²) in [6.07, 6.45) is 0. The van der Waals surface area contributed by atoms with Crippen LogP contribution in [0.3, 0.4) is 0 Å². The van der Waals surface area contributed by atoms with E-state index in [0.29, 0.717) is 30.2 Å². The second-order valence-corrected chi connectivity index (χ2v) is 5.38. The summed E-state index contributed by atoms with van der Waals surface area (Å²) in [5, 5.41) is 2.85.